The van der Waals surface area contributed by atoms with E-state index < -0.39 is 0 Å². The molecule has 0 aromatic carbocycles. The second-order valence-corrected chi connectivity index (χ2v) is 4.38. The summed E-state index contributed by atoms with van der Waals surface area (Å²) in [6, 6.07) is 2.20. The lowest BCUT2D eigenvalue weighted by Gasteiger charge is -2.31. The Morgan fingerprint density at radius 3 is 2.82 bits per heavy atom. The van der Waals surface area contributed by atoms with E-state index in [1.54, 1.807) is 6.20 Å². The second kappa shape index (κ2) is 5.60. The maximum absolute atomic E-state index is 9.30. The smallest absolute Gasteiger partial charge is 0.158 e. The van der Waals surface area contributed by atoms with E-state index in [0.717, 1.165) is 12.8 Å². The lowest BCUT2D eigenvalue weighted by Crippen LogP contribution is -2.34. The molecule has 90 valence electrons. The van der Waals surface area contributed by atoms with Gasteiger partial charge in [0.05, 0.1) is 12.4 Å². The Labute approximate surface area is 101 Å². The number of hydrogen-bond donors (Lipinski definition) is 2. The van der Waals surface area contributed by atoms with Crippen LogP contribution < -0.4 is 5.32 Å². The van der Waals surface area contributed by atoms with Crippen molar-refractivity contribution < 1.29 is 5.11 Å². The number of nitriles is 1. The van der Waals surface area contributed by atoms with Crippen LogP contribution in [0.1, 0.15) is 31.4 Å². The first-order valence-corrected chi connectivity index (χ1v) is 5.93. The van der Waals surface area contributed by atoms with Gasteiger partial charge in [0.1, 0.15) is 11.9 Å². The van der Waals surface area contributed by atoms with Crippen LogP contribution in [-0.2, 0) is 0 Å². The molecule has 0 saturated heterocycles. The minimum Gasteiger partial charge on any atom is -0.396 e. The summed E-state index contributed by atoms with van der Waals surface area (Å²) < 4.78 is 0. The fourth-order valence-corrected chi connectivity index (χ4v) is 2.27. The average molecular weight is 232 g/mol. The van der Waals surface area contributed by atoms with Crippen molar-refractivity contribution in [3.63, 3.8) is 0 Å². The first kappa shape index (κ1) is 11.8. The molecule has 1 aliphatic carbocycles. The van der Waals surface area contributed by atoms with Crippen molar-refractivity contribution >= 4 is 5.82 Å². The van der Waals surface area contributed by atoms with Crippen molar-refractivity contribution in [3.8, 4) is 6.07 Å². The molecule has 2 unspecified atom stereocenters. The van der Waals surface area contributed by atoms with E-state index in [-0.39, 0.29) is 12.6 Å². The minimum atomic E-state index is 0.210. The van der Waals surface area contributed by atoms with Crippen LogP contribution in [0.5, 0.6) is 0 Å². The Bertz CT molecular complexity index is 398. The first-order chi connectivity index (χ1) is 8.33. The lowest BCUT2D eigenvalue weighted by atomic mass is 9.85. The van der Waals surface area contributed by atoms with E-state index in [2.05, 4.69) is 15.3 Å². The predicted molar refractivity (Wildman–Crippen MR) is 63.2 cm³/mol. The topological polar surface area (TPSA) is 81.8 Å². The monoisotopic (exact) mass is 232 g/mol. The molecule has 0 amide bonds. The van der Waals surface area contributed by atoms with Crippen molar-refractivity contribution in [1.29, 1.82) is 5.26 Å². The van der Waals surface area contributed by atoms with Crippen LogP contribution in [0.3, 0.4) is 0 Å². The highest BCUT2D eigenvalue weighted by atomic mass is 16.3. The third-order valence-corrected chi connectivity index (χ3v) is 3.24. The number of rotatable bonds is 3. The summed E-state index contributed by atoms with van der Waals surface area (Å²) in [5.74, 6) is 0.968. The van der Waals surface area contributed by atoms with Crippen LogP contribution in [0.2, 0.25) is 0 Å². The van der Waals surface area contributed by atoms with Gasteiger partial charge in [0, 0.05) is 18.6 Å². The molecule has 17 heavy (non-hydrogen) atoms. The average Bonchev–Trinajstić information content (AvgIpc) is 2.40. The Morgan fingerprint density at radius 1 is 1.35 bits per heavy atom. The quantitative estimate of drug-likeness (QED) is 0.821. The molecule has 5 heteroatoms. The van der Waals surface area contributed by atoms with Crippen LogP contribution in [-0.4, -0.2) is 27.7 Å². The van der Waals surface area contributed by atoms with Crippen molar-refractivity contribution in [2.75, 3.05) is 11.9 Å². The van der Waals surface area contributed by atoms with E-state index in [1.165, 1.54) is 19.0 Å². The van der Waals surface area contributed by atoms with Gasteiger partial charge in [-0.25, -0.2) is 9.97 Å². The molecular formula is C12H16N4O. The van der Waals surface area contributed by atoms with Crippen LogP contribution in [0, 0.1) is 17.2 Å². The Kier molecular flexibility index (Phi) is 3.89. The lowest BCUT2D eigenvalue weighted by molar-refractivity contribution is 0.178. The molecule has 0 spiro atoms. The predicted octanol–water partition coefficient (Wildman–Crippen LogP) is 1.31. The normalized spacial score (nSPS) is 24.0. The van der Waals surface area contributed by atoms with Gasteiger partial charge in [-0.3, -0.25) is 0 Å². The molecule has 1 saturated carbocycles. The summed E-state index contributed by atoms with van der Waals surface area (Å²) in [6.07, 6.45) is 7.49. The van der Waals surface area contributed by atoms with Crippen molar-refractivity contribution in [1.82, 2.24) is 9.97 Å². The van der Waals surface area contributed by atoms with Gasteiger partial charge < -0.3 is 10.4 Å². The summed E-state index contributed by atoms with van der Waals surface area (Å²) in [5.41, 5.74) is 0.318. The van der Waals surface area contributed by atoms with Crippen LogP contribution in [0.25, 0.3) is 0 Å². The molecular weight excluding hydrogens is 216 g/mol. The number of anilines is 1. The third-order valence-electron chi connectivity index (χ3n) is 3.24. The molecule has 1 aromatic heterocycles. The number of nitrogens with one attached hydrogen (secondary N) is 1. The summed E-state index contributed by atoms with van der Waals surface area (Å²) >= 11 is 0. The van der Waals surface area contributed by atoms with Crippen LogP contribution in [0.15, 0.2) is 12.4 Å². The van der Waals surface area contributed by atoms with Gasteiger partial charge in [0.2, 0.25) is 0 Å². The highest BCUT2D eigenvalue weighted by molar-refractivity contribution is 5.34. The van der Waals surface area contributed by atoms with Gasteiger partial charge in [0.25, 0.3) is 0 Å². The zero-order valence-corrected chi connectivity index (χ0v) is 9.63. The van der Waals surface area contributed by atoms with Gasteiger partial charge in [-0.2, -0.15) is 5.26 Å². The highest BCUT2D eigenvalue weighted by Gasteiger charge is 2.24. The van der Waals surface area contributed by atoms with Gasteiger partial charge >= 0.3 is 0 Å². The van der Waals surface area contributed by atoms with Crippen LogP contribution in [0.4, 0.5) is 5.82 Å². The van der Waals surface area contributed by atoms with Gasteiger partial charge in [0.15, 0.2) is 5.69 Å². The maximum atomic E-state index is 9.30. The molecule has 0 bridgehead atoms. The summed E-state index contributed by atoms with van der Waals surface area (Å²) in [5, 5.41) is 21.2. The van der Waals surface area contributed by atoms with E-state index in [4.69, 9.17) is 5.26 Å². The van der Waals surface area contributed by atoms with Crippen molar-refractivity contribution in [2.24, 2.45) is 5.92 Å². The summed E-state index contributed by atoms with van der Waals surface area (Å²) in [4.78, 5) is 8.10. The molecule has 2 atom stereocenters. The Hall–Kier alpha value is -1.67. The van der Waals surface area contributed by atoms with Crippen LogP contribution >= 0.6 is 0 Å². The maximum Gasteiger partial charge on any atom is 0.158 e. The zero-order chi connectivity index (χ0) is 12.1. The highest BCUT2D eigenvalue weighted by Crippen LogP contribution is 2.26. The molecule has 0 aliphatic heterocycles. The first-order valence-electron chi connectivity index (χ1n) is 5.93. The molecule has 1 fully saturated rings. The summed E-state index contributed by atoms with van der Waals surface area (Å²) in [6.45, 7) is 0.210. The van der Waals surface area contributed by atoms with Gasteiger partial charge in [-0.05, 0) is 12.8 Å². The van der Waals surface area contributed by atoms with E-state index in [9.17, 15) is 5.11 Å². The number of nitrogens with zero attached hydrogens (tertiary/aromatic N) is 3. The van der Waals surface area contributed by atoms with Gasteiger partial charge in [-0.15, -0.1) is 0 Å². The standard InChI is InChI=1S/C12H16N4O/c13-5-10-6-15-12(7-14-10)16-11-4-2-1-3-9(11)8-17/h6-7,9,11,17H,1-4,8H2,(H,15,16). The zero-order valence-electron chi connectivity index (χ0n) is 9.63. The largest absolute Gasteiger partial charge is 0.396 e. The Morgan fingerprint density at radius 2 is 2.18 bits per heavy atom. The van der Waals surface area contributed by atoms with Crippen molar-refractivity contribution in [3.05, 3.63) is 18.1 Å². The molecule has 2 rings (SSSR count). The molecule has 0 radical (unpaired) electrons. The number of aliphatic hydroxyl groups is 1. The van der Waals surface area contributed by atoms with Crippen molar-refractivity contribution in [2.45, 2.75) is 31.7 Å². The molecule has 1 heterocycles. The van der Waals surface area contributed by atoms with E-state index in [1.807, 2.05) is 6.07 Å². The van der Waals surface area contributed by atoms with E-state index >= 15 is 0 Å². The fraction of sp³-hybridized carbons (Fsp3) is 0.583. The molecule has 2 N–H and O–H groups in total. The molecule has 1 aliphatic rings. The SMILES string of the molecule is N#Cc1cnc(NC2CCCCC2CO)cn1. The number of aromatic nitrogens is 2. The molecule has 1 aromatic rings. The second-order valence-electron chi connectivity index (χ2n) is 4.38. The Balaban J connectivity index is 2.01. The number of aliphatic hydroxyl groups excluding tert-OH is 1. The minimum absolute atomic E-state index is 0.210. The number of hydrogen-bond acceptors (Lipinski definition) is 5. The fourth-order valence-electron chi connectivity index (χ4n) is 2.27. The summed E-state index contributed by atoms with van der Waals surface area (Å²) in [7, 11) is 0. The molecule has 5 nitrogen and oxygen atoms in total. The van der Waals surface area contributed by atoms with Gasteiger partial charge in [-0.1, -0.05) is 12.8 Å². The third kappa shape index (κ3) is 2.92. The van der Waals surface area contributed by atoms with E-state index in [0.29, 0.717) is 17.4 Å².